The van der Waals surface area contributed by atoms with E-state index in [2.05, 4.69) is 29.9 Å². The number of aliphatic hydroxyl groups excluding tert-OH is 1. The lowest BCUT2D eigenvalue weighted by atomic mass is 10.0. The standard InChI is InChI=1S/C24H20F3N7O3/c1-34-10-16(24(25,26)27)32-21(34)13-6-4-12(5-7-13)19(35)14-8-28-15-9-29-20(33-18(14)15)17-22(36-2)30-11-31-23(17)37-3/h4-11,19,28,35H,1-3H3. The van der Waals surface area contributed by atoms with Crippen molar-refractivity contribution in [2.24, 2.45) is 7.05 Å². The van der Waals surface area contributed by atoms with Gasteiger partial charge >= 0.3 is 6.18 Å². The fraction of sp³-hybridized carbons (Fsp3) is 0.208. The van der Waals surface area contributed by atoms with E-state index in [1.807, 2.05) is 0 Å². The molecule has 10 nitrogen and oxygen atoms in total. The molecule has 0 amide bonds. The summed E-state index contributed by atoms with van der Waals surface area (Å²) in [6.45, 7) is 0. The molecule has 4 heterocycles. The zero-order valence-corrected chi connectivity index (χ0v) is 19.8. The Morgan fingerprint density at radius 3 is 2.27 bits per heavy atom. The topological polar surface area (TPSA) is 124 Å². The van der Waals surface area contributed by atoms with Crippen LogP contribution < -0.4 is 9.47 Å². The number of nitrogens with one attached hydrogen (secondary N) is 1. The molecule has 5 rings (SSSR count). The SMILES string of the molecule is COc1ncnc(OC)c1-c1ncc2[nH]cc(C(O)c3ccc(-c4nc(C(F)(F)F)cn4C)cc3)c2n1. The van der Waals surface area contributed by atoms with Gasteiger partial charge in [0.05, 0.1) is 31.4 Å². The van der Waals surface area contributed by atoms with Gasteiger partial charge in [-0.25, -0.2) is 24.9 Å². The van der Waals surface area contributed by atoms with Crippen molar-refractivity contribution in [2.75, 3.05) is 14.2 Å². The van der Waals surface area contributed by atoms with E-state index >= 15 is 0 Å². The largest absolute Gasteiger partial charge is 0.480 e. The summed E-state index contributed by atoms with van der Waals surface area (Å²) in [6.07, 6.45) is -0.225. The molecule has 4 aromatic heterocycles. The second-order valence-corrected chi connectivity index (χ2v) is 8.05. The number of aromatic nitrogens is 7. The van der Waals surface area contributed by atoms with Crippen LogP contribution in [0.3, 0.4) is 0 Å². The number of benzene rings is 1. The number of methoxy groups -OCH3 is 2. The summed E-state index contributed by atoms with van der Waals surface area (Å²) < 4.78 is 51.0. The highest BCUT2D eigenvalue weighted by Crippen LogP contribution is 2.35. The molecule has 0 aliphatic rings. The Bertz CT molecular complexity index is 1560. The summed E-state index contributed by atoms with van der Waals surface area (Å²) in [5, 5.41) is 11.1. The predicted molar refractivity (Wildman–Crippen MR) is 126 cm³/mol. The maximum absolute atomic E-state index is 13.0. The fourth-order valence-corrected chi connectivity index (χ4v) is 3.98. The number of H-pyrrole nitrogens is 1. The van der Waals surface area contributed by atoms with E-state index in [1.54, 1.807) is 36.7 Å². The first-order valence-corrected chi connectivity index (χ1v) is 10.9. The Balaban J connectivity index is 1.50. The molecule has 0 saturated heterocycles. The fourth-order valence-electron chi connectivity index (χ4n) is 3.98. The number of aromatic amines is 1. The average Bonchev–Trinajstić information content (AvgIpc) is 3.51. The van der Waals surface area contributed by atoms with Crippen LogP contribution in [0, 0.1) is 0 Å². The third-order valence-corrected chi connectivity index (χ3v) is 5.78. The minimum Gasteiger partial charge on any atom is -0.480 e. The predicted octanol–water partition coefficient (Wildman–Crippen LogP) is 3.93. The van der Waals surface area contributed by atoms with E-state index < -0.39 is 18.0 Å². The highest BCUT2D eigenvalue weighted by atomic mass is 19.4. The second-order valence-electron chi connectivity index (χ2n) is 8.05. The Labute approximate surface area is 207 Å². The highest BCUT2D eigenvalue weighted by Gasteiger charge is 2.34. The van der Waals surface area contributed by atoms with E-state index in [-0.39, 0.29) is 23.4 Å². The van der Waals surface area contributed by atoms with Crippen molar-refractivity contribution in [1.29, 1.82) is 0 Å². The molecular formula is C24H20F3N7O3. The van der Waals surface area contributed by atoms with Crippen molar-refractivity contribution in [3.05, 3.63) is 66.0 Å². The average molecular weight is 511 g/mol. The molecule has 0 aliphatic carbocycles. The van der Waals surface area contributed by atoms with E-state index in [4.69, 9.17) is 9.47 Å². The molecular weight excluding hydrogens is 491 g/mol. The molecule has 0 fully saturated rings. The number of aryl methyl sites for hydroxylation is 1. The molecule has 0 aliphatic heterocycles. The summed E-state index contributed by atoms with van der Waals surface area (Å²) in [5.74, 6) is 0.844. The van der Waals surface area contributed by atoms with Gasteiger partial charge in [-0.15, -0.1) is 0 Å². The minimum atomic E-state index is -4.54. The molecule has 13 heteroatoms. The monoisotopic (exact) mass is 511 g/mol. The zero-order chi connectivity index (χ0) is 26.3. The van der Waals surface area contributed by atoms with Crippen LogP contribution in [0.5, 0.6) is 11.8 Å². The number of aliphatic hydroxyl groups is 1. The molecule has 1 atom stereocenters. The number of alkyl halides is 3. The van der Waals surface area contributed by atoms with Crippen molar-refractivity contribution >= 4 is 11.0 Å². The molecule has 0 bridgehead atoms. The van der Waals surface area contributed by atoms with Gasteiger partial charge in [0.2, 0.25) is 11.8 Å². The van der Waals surface area contributed by atoms with Gasteiger partial charge in [0.15, 0.2) is 11.5 Å². The van der Waals surface area contributed by atoms with Crippen molar-refractivity contribution < 1.29 is 27.8 Å². The van der Waals surface area contributed by atoms with Crippen molar-refractivity contribution in [3.8, 4) is 34.5 Å². The van der Waals surface area contributed by atoms with Crippen molar-refractivity contribution in [2.45, 2.75) is 12.3 Å². The summed E-state index contributed by atoms with van der Waals surface area (Å²) in [5.41, 5.74) is 1.87. The van der Waals surface area contributed by atoms with Gasteiger partial charge in [-0.1, -0.05) is 24.3 Å². The minimum absolute atomic E-state index is 0.158. The van der Waals surface area contributed by atoms with Crippen LogP contribution >= 0.6 is 0 Å². The van der Waals surface area contributed by atoms with Crippen molar-refractivity contribution in [1.82, 2.24) is 34.5 Å². The first kappa shape index (κ1) is 24.2. The molecule has 0 saturated carbocycles. The lowest BCUT2D eigenvalue weighted by Crippen LogP contribution is -2.04. The summed E-state index contributed by atoms with van der Waals surface area (Å²) >= 11 is 0. The molecule has 5 aromatic rings. The van der Waals surface area contributed by atoms with Gasteiger partial charge in [0.1, 0.15) is 23.8 Å². The zero-order valence-electron chi connectivity index (χ0n) is 19.8. The number of ether oxygens (including phenoxy) is 2. The highest BCUT2D eigenvalue weighted by molar-refractivity contribution is 5.82. The lowest BCUT2D eigenvalue weighted by Gasteiger charge is -2.12. The first-order valence-electron chi connectivity index (χ1n) is 10.9. The molecule has 37 heavy (non-hydrogen) atoms. The van der Waals surface area contributed by atoms with E-state index in [1.165, 1.54) is 32.2 Å². The Morgan fingerprint density at radius 2 is 1.68 bits per heavy atom. The number of halogens is 3. The van der Waals surface area contributed by atoms with Crippen LogP contribution in [0.2, 0.25) is 0 Å². The van der Waals surface area contributed by atoms with Crippen LogP contribution in [-0.4, -0.2) is 53.8 Å². The quantitative estimate of drug-likeness (QED) is 0.352. The first-order chi connectivity index (χ1) is 17.7. The van der Waals surface area contributed by atoms with Gasteiger partial charge in [-0.05, 0) is 5.56 Å². The van der Waals surface area contributed by atoms with E-state index in [0.29, 0.717) is 33.3 Å². The molecule has 0 radical (unpaired) electrons. The summed E-state index contributed by atoms with van der Waals surface area (Å²) in [6, 6.07) is 6.46. The lowest BCUT2D eigenvalue weighted by molar-refractivity contribution is -0.140. The Kier molecular flexibility index (Phi) is 5.99. The molecule has 1 aromatic carbocycles. The van der Waals surface area contributed by atoms with Crippen LogP contribution in [0.25, 0.3) is 33.8 Å². The van der Waals surface area contributed by atoms with Gasteiger partial charge in [-0.2, -0.15) is 13.2 Å². The van der Waals surface area contributed by atoms with E-state index in [0.717, 1.165) is 6.20 Å². The molecule has 0 spiro atoms. The smallest absolute Gasteiger partial charge is 0.434 e. The number of fused-ring (bicyclic) bond motifs is 1. The second kappa shape index (κ2) is 9.17. The number of hydrogen-bond donors (Lipinski definition) is 2. The number of rotatable bonds is 6. The third kappa shape index (κ3) is 4.33. The van der Waals surface area contributed by atoms with Gasteiger partial charge in [0, 0.05) is 30.6 Å². The van der Waals surface area contributed by atoms with Crippen LogP contribution in [-0.2, 0) is 13.2 Å². The molecule has 190 valence electrons. The maximum atomic E-state index is 13.0. The molecule has 2 N–H and O–H groups in total. The van der Waals surface area contributed by atoms with Crippen LogP contribution in [0.4, 0.5) is 13.2 Å². The van der Waals surface area contributed by atoms with E-state index in [9.17, 15) is 18.3 Å². The maximum Gasteiger partial charge on any atom is 0.434 e. The number of hydrogen-bond acceptors (Lipinski definition) is 8. The number of imidazole rings is 1. The summed E-state index contributed by atoms with van der Waals surface area (Å²) in [4.78, 5) is 23.9. The number of nitrogens with zero attached hydrogens (tertiary/aromatic N) is 6. The van der Waals surface area contributed by atoms with Gasteiger partial charge < -0.3 is 24.1 Å². The molecule has 1 unspecified atom stereocenters. The van der Waals surface area contributed by atoms with Gasteiger partial charge in [0.25, 0.3) is 0 Å². The van der Waals surface area contributed by atoms with Crippen molar-refractivity contribution in [3.63, 3.8) is 0 Å². The Morgan fingerprint density at radius 1 is 1.00 bits per heavy atom. The normalized spacial score (nSPS) is 12.6. The van der Waals surface area contributed by atoms with Crippen LogP contribution in [0.15, 0.2) is 49.2 Å². The van der Waals surface area contributed by atoms with Crippen LogP contribution in [0.1, 0.15) is 22.9 Å². The summed E-state index contributed by atoms with van der Waals surface area (Å²) in [7, 11) is 4.40. The Hall–Kier alpha value is -4.52. The third-order valence-electron chi connectivity index (χ3n) is 5.78. The van der Waals surface area contributed by atoms with Gasteiger partial charge in [-0.3, -0.25) is 0 Å².